The molecule has 0 saturated carbocycles. The number of fused-ring (bicyclic) bond motifs is 14. The number of benzene rings is 15. The van der Waals surface area contributed by atoms with Gasteiger partial charge in [0.2, 0.25) is 0 Å². The van der Waals surface area contributed by atoms with Gasteiger partial charge in [0, 0.05) is 55.8 Å². The van der Waals surface area contributed by atoms with Gasteiger partial charge < -0.3 is 9.80 Å². The molecular formula is C98H76N2. The van der Waals surface area contributed by atoms with Crippen LogP contribution in [0.2, 0.25) is 0 Å². The zero-order valence-corrected chi connectivity index (χ0v) is 57.9. The zero-order chi connectivity index (χ0) is 67.6. The van der Waals surface area contributed by atoms with Crippen LogP contribution in [0, 0.1) is 0 Å². The molecule has 2 heteroatoms. The quantitative estimate of drug-likeness (QED) is 0.126. The minimum atomic E-state index is -0.215. The average Bonchev–Trinajstić information content (AvgIpc) is 0.804. The number of hydrogen-bond donors (Lipinski definition) is 0. The average molecular weight is 1280 g/mol. The Morgan fingerprint density at radius 3 is 0.680 bits per heavy atom. The highest BCUT2D eigenvalue weighted by Gasteiger charge is 2.41. The third kappa shape index (κ3) is 8.75. The molecule has 0 aliphatic heterocycles. The topological polar surface area (TPSA) is 6.48 Å². The SMILES string of the molecule is CC1(C)c2ccccc2-c2ccc(N(c3ccc4c(c3)C(C)(C)c3ccccc3-4)c3ccc4c(-c5ccccc5-c5ccccc5)c5cc(N(c6ccc7c(c6)C(C)(C)c6ccccc6-7)c6ccc7c(c6)C(C)(C)c6ccccc6-7)ccc5c(-c5ccccc5-c5ccccc5)c4c3)cc21. The Bertz CT molecular complexity index is 5340. The van der Waals surface area contributed by atoms with Crippen LogP contribution in [0.15, 0.2) is 315 Å². The lowest BCUT2D eigenvalue weighted by Crippen LogP contribution is -2.18. The van der Waals surface area contributed by atoms with Crippen molar-refractivity contribution in [3.8, 4) is 89.0 Å². The second kappa shape index (κ2) is 22.0. The Kier molecular flexibility index (Phi) is 13.1. The Hall–Kier alpha value is -11.6. The van der Waals surface area contributed by atoms with E-state index in [0.717, 1.165) is 34.1 Å². The fraction of sp³-hybridized carbons (Fsp3) is 0.122. The van der Waals surface area contributed by atoms with Crippen molar-refractivity contribution in [1.82, 2.24) is 0 Å². The van der Waals surface area contributed by atoms with Crippen LogP contribution < -0.4 is 9.80 Å². The predicted octanol–water partition coefficient (Wildman–Crippen LogP) is 26.8. The van der Waals surface area contributed by atoms with Gasteiger partial charge in [0.05, 0.1) is 0 Å². The third-order valence-corrected chi connectivity index (χ3v) is 23.5. The molecule has 19 rings (SSSR count). The van der Waals surface area contributed by atoms with Gasteiger partial charge in [0.15, 0.2) is 0 Å². The zero-order valence-electron chi connectivity index (χ0n) is 57.9. The molecular weight excluding hydrogens is 1210 g/mol. The Morgan fingerprint density at radius 2 is 0.390 bits per heavy atom. The van der Waals surface area contributed by atoms with Crippen LogP contribution in [0.5, 0.6) is 0 Å². The molecule has 15 aromatic rings. The number of hydrogen-bond acceptors (Lipinski definition) is 2. The molecule has 0 radical (unpaired) electrons. The summed E-state index contributed by atoms with van der Waals surface area (Å²) >= 11 is 0. The van der Waals surface area contributed by atoms with Crippen LogP contribution in [0.1, 0.15) is 99.9 Å². The molecule has 0 atom stereocenters. The largest absolute Gasteiger partial charge is 0.310 e. The first-order chi connectivity index (χ1) is 48.6. The first-order valence-electron chi connectivity index (χ1n) is 35.6. The smallest absolute Gasteiger partial charge is 0.0468 e. The second-order valence-corrected chi connectivity index (χ2v) is 30.3. The van der Waals surface area contributed by atoms with E-state index in [2.05, 4.69) is 381 Å². The van der Waals surface area contributed by atoms with Gasteiger partial charge in [0.1, 0.15) is 0 Å². The number of rotatable bonds is 10. The van der Waals surface area contributed by atoms with E-state index in [1.54, 1.807) is 0 Å². The highest BCUT2D eigenvalue weighted by atomic mass is 15.1. The Labute approximate surface area is 587 Å². The molecule has 0 heterocycles. The second-order valence-electron chi connectivity index (χ2n) is 30.3. The Balaban J connectivity index is 0.913. The molecule has 0 unspecified atom stereocenters. The highest BCUT2D eigenvalue weighted by molar-refractivity contribution is 6.24. The maximum Gasteiger partial charge on any atom is 0.0468 e. The van der Waals surface area contributed by atoms with E-state index in [4.69, 9.17) is 0 Å². The van der Waals surface area contributed by atoms with Crippen molar-refractivity contribution in [3.05, 3.63) is 360 Å². The van der Waals surface area contributed by atoms with Crippen LogP contribution >= 0.6 is 0 Å². The van der Waals surface area contributed by atoms with Crippen LogP contribution in [0.25, 0.3) is 111 Å². The van der Waals surface area contributed by atoms with E-state index in [-0.39, 0.29) is 21.7 Å². The summed E-state index contributed by atoms with van der Waals surface area (Å²) in [7, 11) is 0. The number of nitrogens with zero attached hydrogens (tertiary/aromatic N) is 2. The minimum absolute atomic E-state index is 0.215. The summed E-state index contributed by atoms with van der Waals surface area (Å²) in [5.41, 5.74) is 36.5. The van der Waals surface area contributed by atoms with Crippen molar-refractivity contribution in [2.75, 3.05) is 9.80 Å². The molecule has 4 aliphatic rings. The lowest BCUT2D eigenvalue weighted by molar-refractivity contribution is 0.659. The molecule has 15 aromatic carbocycles. The summed E-state index contributed by atoms with van der Waals surface area (Å²) < 4.78 is 0. The summed E-state index contributed by atoms with van der Waals surface area (Å²) in [6.45, 7) is 19.2. The molecule has 0 spiro atoms. The first-order valence-corrected chi connectivity index (χ1v) is 35.6. The van der Waals surface area contributed by atoms with Crippen molar-refractivity contribution < 1.29 is 0 Å². The summed E-state index contributed by atoms with van der Waals surface area (Å²) in [6.07, 6.45) is 0. The summed E-state index contributed by atoms with van der Waals surface area (Å²) in [6, 6.07) is 120. The maximum absolute atomic E-state index is 2.56. The van der Waals surface area contributed by atoms with E-state index in [9.17, 15) is 0 Å². The summed E-state index contributed by atoms with van der Waals surface area (Å²) in [4.78, 5) is 5.11. The molecule has 0 amide bonds. The molecule has 0 aromatic heterocycles. The van der Waals surface area contributed by atoms with Crippen molar-refractivity contribution >= 4 is 55.7 Å². The fourth-order valence-corrected chi connectivity index (χ4v) is 18.4. The highest BCUT2D eigenvalue weighted by Crippen LogP contribution is 2.58. The van der Waals surface area contributed by atoms with Crippen molar-refractivity contribution in [1.29, 1.82) is 0 Å². The summed E-state index contributed by atoms with van der Waals surface area (Å²) in [5, 5.41) is 4.69. The maximum atomic E-state index is 2.56. The minimum Gasteiger partial charge on any atom is -0.310 e. The van der Waals surface area contributed by atoms with Crippen molar-refractivity contribution in [2.45, 2.75) is 77.0 Å². The molecule has 0 N–H and O–H groups in total. The first kappa shape index (κ1) is 59.7. The lowest BCUT2D eigenvalue weighted by atomic mass is 9.81. The van der Waals surface area contributed by atoms with Gasteiger partial charge in [-0.2, -0.15) is 0 Å². The van der Waals surface area contributed by atoms with Crippen LogP contribution in [-0.2, 0) is 21.7 Å². The lowest BCUT2D eigenvalue weighted by Gasteiger charge is -2.31. The van der Waals surface area contributed by atoms with Gasteiger partial charge in [-0.15, -0.1) is 0 Å². The third-order valence-electron chi connectivity index (χ3n) is 23.5. The predicted molar refractivity (Wildman–Crippen MR) is 423 cm³/mol. The molecule has 478 valence electrons. The van der Waals surface area contributed by atoms with E-state index in [1.807, 2.05) is 0 Å². The normalized spacial score (nSPS) is 14.7. The van der Waals surface area contributed by atoms with Gasteiger partial charge in [-0.1, -0.05) is 298 Å². The molecule has 100 heavy (non-hydrogen) atoms. The number of anilines is 6. The van der Waals surface area contributed by atoms with E-state index < -0.39 is 0 Å². The molecule has 0 fully saturated rings. The van der Waals surface area contributed by atoms with Crippen molar-refractivity contribution in [3.63, 3.8) is 0 Å². The van der Waals surface area contributed by atoms with Gasteiger partial charge in [0.25, 0.3) is 0 Å². The fourth-order valence-electron chi connectivity index (χ4n) is 18.4. The van der Waals surface area contributed by atoms with Crippen LogP contribution in [-0.4, -0.2) is 0 Å². The van der Waals surface area contributed by atoms with E-state index in [1.165, 1.54) is 155 Å². The summed E-state index contributed by atoms with van der Waals surface area (Å²) in [5.74, 6) is 0. The Morgan fingerprint density at radius 1 is 0.170 bits per heavy atom. The van der Waals surface area contributed by atoms with Crippen LogP contribution in [0.4, 0.5) is 34.1 Å². The molecule has 0 saturated heterocycles. The molecule has 4 aliphatic carbocycles. The van der Waals surface area contributed by atoms with Gasteiger partial charge in [-0.05, 0) is 228 Å². The van der Waals surface area contributed by atoms with E-state index in [0.29, 0.717) is 0 Å². The van der Waals surface area contributed by atoms with E-state index >= 15 is 0 Å². The molecule has 2 nitrogen and oxygen atoms in total. The monoisotopic (exact) mass is 1280 g/mol. The van der Waals surface area contributed by atoms with Crippen LogP contribution in [0.3, 0.4) is 0 Å². The van der Waals surface area contributed by atoms with Crippen molar-refractivity contribution in [2.24, 2.45) is 0 Å². The van der Waals surface area contributed by atoms with Gasteiger partial charge in [-0.25, -0.2) is 0 Å². The standard InChI is InChI=1S/C98H76N2/c1-95(2)85-39-23-19-33-71(85)75-49-43-65(57-89(75)95)99(66-44-50-76-72-34-20-24-40-86(72)96(3,4)90(76)58-66)63-47-53-81-83(55-63)93(79-37-17-15-31-69(79)61-27-11-9-12-28-61)82-54-48-64(56-84(82)94(81)80-38-18-16-32-70(80)62-29-13-10-14-30-62)100(67-45-51-77-73-35-21-25-41-87(73)97(5,6)91(77)59-67)68-46-52-78-74-36-22-26-42-88(74)98(7,8)92(78)60-68/h9-60H,1-8H3. The van der Waals surface area contributed by atoms with Gasteiger partial charge in [-0.3, -0.25) is 0 Å². The van der Waals surface area contributed by atoms with Gasteiger partial charge >= 0.3 is 0 Å². The molecule has 0 bridgehead atoms.